The molecule has 2 heterocycles. The number of likely N-dealkylation sites (N-methyl/N-ethyl adjacent to an activating group) is 1. The van der Waals surface area contributed by atoms with Crippen molar-refractivity contribution in [3.05, 3.63) is 52.9 Å². The zero-order chi connectivity index (χ0) is 25.7. The molecule has 2 aromatic carbocycles. The Labute approximate surface area is 217 Å². The van der Waals surface area contributed by atoms with Crippen molar-refractivity contribution < 1.29 is 27.2 Å². The van der Waals surface area contributed by atoms with Gasteiger partial charge in [-0.3, -0.25) is 0 Å². The minimum absolute atomic E-state index is 0.246. The average molecular weight is 534 g/mol. The smallest absolute Gasteiger partial charge is 0.292 e. The highest BCUT2D eigenvalue weighted by atomic mass is 32.2. The average Bonchev–Trinajstić information content (AvgIpc) is 3.27. The van der Waals surface area contributed by atoms with Crippen LogP contribution in [0.4, 0.5) is 0 Å². The summed E-state index contributed by atoms with van der Waals surface area (Å²) in [6.07, 6.45) is 3.68. The molecule has 1 N–H and O–H groups in total. The third-order valence-electron chi connectivity index (χ3n) is 6.35. The Kier molecular flexibility index (Phi) is 8.45. The predicted molar refractivity (Wildman–Crippen MR) is 138 cm³/mol. The Morgan fingerprint density at radius 1 is 1.06 bits per heavy atom. The minimum atomic E-state index is -3.55. The maximum atomic E-state index is 13.1. The van der Waals surface area contributed by atoms with Gasteiger partial charge in [0.2, 0.25) is 15.9 Å². The van der Waals surface area contributed by atoms with Gasteiger partial charge in [-0.25, -0.2) is 8.42 Å². The summed E-state index contributed by atoms with van der Waals surface area (Å²) in [6, 6.07) is 12.6. The first kappa shape index (κ1) is 26.3. The highest BCUT2D eigenvalue weighted by molar-refractivity contribution is 7.89. The van der Waals surface area contributed by atoms with Gasteiger partial charge in [-0.2, -0.15) is 8.99 Å². The lowest BCUT2D eigenvalue weighted by atomic mass is 10.1. The van der Waals surface area contributed by atoms with Crippen LogP contribution in [0.2, 0.25) is 0 Å². The molecular weight excluding hydrogens is 500 g/mol. The molecule has 1 aliphatic heterocycles. The minimum Gasteiger partial charge on any atom is -0.493 e. The van der Waals surface area contributed by atoms with E-state index in [9.17, 15) is 8.42 Å². The molecule has 0 bridgehead atoms. The number of nitrogens with zero attached hydrogens (tertiary/aromatic N) is 3. The third-order valence-corrected chi connectivity index (χ3v) is 8.54. The second-order valence-electron chi connectivity index (χ2n) is 8.97. The molecule has 9 nitrogen and oxygen atoms in total. The Morgan fingerprint density at radius 2 is 1.81 bits per heavy atom. The van der Waals surface area contributed by atoms with Crippen molar-refractivity contribution in [2.45, 2.75) is 37.2 Å². The van der Waals surface area contributed by atoms with Gasteiger partial charge in [0, 0.05) is 25.1 Å². The van der Waals surface area contributed by atoms with Crippen LogP contribution in [-0.2, 0) is 23.1 Å². The van der Waals surface area contributed by atoms with Crippen molar-refractivity contribution in [3.63, 3.8) is 0 Å². The van der Waals surface area contributed by atoms with Crippen LogP contribution in [0.3, 0.4) is 0 Å². The number of sulfonamides is 1. The maximum absolute atomic E-state index is 13.1. The lowest BCUT2D eigenvalue weighted by molar-refractivity contribution is -0.903. The van der Waals surface area contributed by atoms with E-state index in [0.29, 0.717) is 42.7 Å². The van der Waals surface area contributed by atoms with Gasteiger partial charge < -0.3 is 18.8 Å². The van der Waals surface area contributed by atoms with E-state index in [1.165, 1.54) is 4.90 Å². The summed E-state index contributed by atoms with van der Waals surface area (Å²) in [7, 11) is 1.76. The van der Waals surface area contributed by atoms with E-state index < -0.39 is 10.0 Å². The van der Waals surface area contributed by atoms with Crippen molar-refractivity contribution in [2.75, 3.05) is 40.9 Å². The van der Waals surface area contributed by atoms with E-state index in [4.69, 9.17) is 26.1 Å². The topological polar surface area (TPSA) is 91.2 Å². The summed E-state index contributed by atoms with van der Waals surface area (Å²) < 4.78 is 45.8. The Morgan fingerprint density at radius 3 is 2.53 bits per heavy atom. The Hall–Kier alpha value is -2.73. The van der Waals surface area contributed by atoms with Gasteiger partial charge in [-0.05, 0) is 61.0 Å². The first-order valence-corrected chi connectivity index (χ1v) is 13.9. The van der Waals surface area contributed by atoms with Crippen LogP contribution >= 0.6 is 12.2 Å². The molecule has 0 saturated carbocycles. The number of hydrogen-bond donors (Lipinski definition) is 1. The van der Waals surface area contributed by atoms with Crippen LogP contribution < -0.4 is 14.4 Å². The van der Waals surface area contributed by atoms with E-state index in [2.05, 4.69) is 12.1 Å². The Bertz CT molecular complexity index is 1350. The maximum Gasteiger partial charge on any atom is 0.292 e. The van der Waals surface area contributed by atoms with E-state index in [1.54, 1.807) is 47.5 Å². The highest BCUT2D eigenvalue weighted by Gasteiger charge is 2.26. The zero-order valence-corrected chi connectivity index (χ0v) is 22.5. The number of ether oxygens (including phenoxy) is 2. The van der Waals surface area contributed by atoms with Gasteiger partial charge in [0.05, 0.1) is 32.7 Å². The Balaban J connectivity index is 1.44. The van der Waals surface area contributed by atoms with E-state index in [-0.39, 0.29) is 9.73 Å². The summed E-state index contributed by atoms with van der Waals surface area (Å²) in [6.45, 7) is 2.46. The van der Waals surface area contributed by atoms with E-state index in [1.807, 2.05) is 18.2 Å². The van der Waals surface area contributed by atoms with Crippen molar-refractivity contribution >= 4 is 22.2 Å². The molecule has 0 radical (unpaired) electrons. The summed E-state index contributed by atoms with van der Waals surface area (Å²) in [4.78, 5) is 1.68. The fourth-order valence-electron chi connectivity index (χ4n) is 4.30. The monoisotopic (exact) mass is 533 g/mol. The largest absolute Gasteiger partial charge is 0.493 e. The lowest BCUT2D eigenvalue weighted by Crippen LogP contribution is -3.08. The third kappa shape index (κ3) is 5.97. The number of methoxy groups -OCH3 is 2. The van der Waals surface area contributed by atoms with Crippen LogP contribution in [-0.4, -0.2) is 63.4 Å². The van der Waals surface area contributed by atoms with Gasteiger partial charge >= 0.3 is 0 Å². The summed E-state index contributed by atoms with van der Waals surface area (Å²) >= 11 is 5.40. The van der Waals surface area contributed by atoms with Gasteiger partial charge in [0.15, 0.2) is 18.2 Å². The normalized spacial score (nSPS) is 15.5. The predicted octanol–water partition coefficient (Wildman–Crippen LogP) is 2.78. The van der Waals surface area contributed by atoms with E-state index in [0.717, 1.165) is 37.8 Å². The number of aromatic nitrogens is 2. The lowest BCUT2D eigenvalue weighted by Gasteiger charge is -2.25. The SMILES string of the molecule is COc1ccc(CC[NH+](C)Cn2nc(-c3cccc(S(=O)(=O)N4CCCCC4)c3)oc2=S)cc1OC. The molecule has 1 aliphatic rings. The molecule has 194 valence electrons. The highest BCUT2D eigenvalue weighted by Crippen LogP contribution is 2.28. The first-order valence-electron chi connectivity index (χ1n) is 12.0. The van der Waals surface area contributed by atoms with Crippen molar-refractivity contribution in [2.24, 2.45) is 0 Å². The second kappa shape index (κ2) is 11.5. The first-order chi connectivity index (χ1) is 17.3. The summed E-state index contributed by atoms with van der Waals surface area (Å²) in [5.41, 5.74) is 1.73. The molecule has 3 aromatic rings. The molecule has 36 heavy (non-hydrogen) atoms. The van der Waals surface area contributed by atoms with E-state index >= 15 is 0 Å². The number of quaternary nitrogens is 1. The molecule has 1 saturated heterocycles. The molecule has 0 amide bonds. The van der Waals surface area contributed by atoms with Crippen molar-refractivity contribution in [1.82, 2.24) is 14.1 Å². The number of benzene rings is 2. The molecule has 4 rings (SSSR count). The molecule has 1 fully saturated rings. The van der Waals surface area contributed by atoms with Crippen molar-refractivity contribution in [3.8, 4) is 23.0 Å². The molecule has 0 aliphatic carbocycles. The molecule has 1 unspecified atom stereocenters. The van der Waals surface area contributed by atoms with Gasteiger partial charge in [0.25, 0.3) is 4.84 Å². The molecule has 11 heteroatoms. The number of hydrogen-bond acceptors (Lipinski definition) is 7. The van der Waals surface area contributed by atoms with Gasteiger partial charge in [0.1, 0.15) is 0 Å². The van der Waals surface area contributed by atoms with Crippen LogP contribution in [0.15, 0.2) is 51.8 Å². The molecule has 1 atom stereocenters. The number of rotatable bonds is 10. The van der Waals surface area contributed by atoms with Crippen LogP contribution in [0.5, 0.6) is 11.5 Å². The second-order valence-corrected chi connectivity index (χ2v) is 11.3. The van der Waals surface area contributed by atoms with Gasteiger partial charge in [-0.15, -0.1) is 5.10 Å². The fraction of sp³-hybridized carbons (Fsp3) is 0.440. The molecule has 1 aromatic heterocycles. The standard InChI is InChI=1S/C25H32N4O5S2/c1-27(15-12-19-10-11-22(32-2)23(16-19)33-3)18-29-25(35)34-24(26-29)20-8-7-9-21(17-20)36(30,31)28-13-5-4-6-14-28/h7-11,16-17H,4-6,12-15,18H2,1-3H3/p+1. The number of piperidine rings is 1. The fourth-order valence-corrected chi connectivity index (χ4v) is 6.04. The summed E-state index contributed by atoms with van der Waals surface area (Å²) in [5, 5.41) is 4.54. The zero-order valence-electron chi connectivity index (χ0n) is 20.9. The summed E-state index contributed by atoms with van der Waals surface area (Å²) in [5.74, 6) is 1.72. The molecule has 0 spiro atoms. The van der Waals surface area contributed by atoms with Crippen LogP contribution in [0.1, 0.15) is 24.8 Å². The van der Waals surface area contributed by atoms with Crippen molar-refractivity contribution in [1.29, 1.82) is 0 Å². The van der Waals surface area contributed by atoms with Gasteiger partial charge in [-0.1, -0.05) is 18.6 Å². The quantitative estimate of drug-likeness (QED) is 0.401. The van der Waals surface area contributed by atoms with Crippen LogP contribution in [0.25, 0.3) is 11.5 Å². The molecular formula is C25H33N4O5S2+. The van der Waals surface area contributed by atoms with Crippen LogP contribution in [0, 0.1) is 4.84 Å². The number of nitrogens with one attached hydrogen (secondary N) is 1.